The highest BCUT2D eigenvalue weighted by Gasteiger charge is 2.12. The van der Waals surface area contributed by atoms with Gasteiger partial charge in [0.2, 0.25) is 0 Å². The lowest BCUT2D eigenvalue weighted by Crippen LogP contribution is -1.97. The van der Waals surface area contributed by atoms with Crippen molar-refractivity contribution >= 4 is 11.1 Å². The van der Waals surface area contributed by atoms with Gasteiger partial charge in [-0.3, -0.25) is 0 Å². The zero-order valence-corrected chi connectivity index (χ0v) is 16.6. The SMILES string of the molecule is CCCCOc1ccc(C(C#N)=C(C#N)c2ccc(OCCCC)cc2)cc1. The van der Waals surface area contributed by atoms with Crippen LogP contribution in [-0.2, 0) is 0 Å². The first kappa shape index (κ1) is 21.1. The largest absolute Gasteiger partial charge is 0.494 e. The van der Waals surface area contributed by atoms with Gasteiger partial charge in [0.25, 0.3) is 0 Å². The van der Waals surface area contributed by atoms with Crippen molar-refractivity contribution in [2.45, 2.75) is 39.5 Å². The third kappa shape index (κ3) is 5.89. The van der Waals surface area contributed by atoms with Crippen LogP contribution in [0.15, 0.2) is 48.5 Å². The van der Waals surface area contributed by atoms with Crippen molar-refractivity contribution in [3.63, 3.8) is 0 Å². The second kappa shape index (κ2) is 11.5. The molecule has 0 atom stereocenters. The minimum absolute atomic E-state index is 0.349. The molecule has 4 heteroatoms. The first-order valence-corrected chi connectivity index (χ1v) is 9.74. The van der Waals surface area contributed by atoms with Crippen LogP contribution >= 0.6 is 0 Å². The van der Waals surface area contributed by atoms with Crippen LogP contribution in [0, 0.1) is 22.7 Å². The smallest absolute Gasteiger partial charge is 0.119 e. The zero-order valence-electron chi connectivity index (χ0n) is 16.6. The molecule has 0 amide bonds. The van der Waals surface area contributed by atoms with Crippen LogP contribution in [0.2, 0.25) is 0 Å². The van der Waals surface area contributed by atoms with E-state index in [0.29, 0.717) is 35.5 Å². The van der Waals surface area contributed by atoms with Crippen molar-refractivity contribution in [3.8, 4) is 23.6 Å². The minimum Gasteiger partial charge on any atom is -0.494 e. The van der Waals surface area contributed by atoms with Gasteiger partial charge in [-0.05, 0) is 72.5 Å². The topological polar surface area (TPSA) is 66.0 Å². The summed E-state index contributed by atoms with van der Waals surface area (Å²) in [6.07, 6.45) is 4.16. The summed E-state index contributed by atoms with van der Waals surface area (Å²) in [5.41, 5.74) is 2.10. The Morgan fingerprint density at radius 2 is 1.04 bits per heavy atom. The van der Waals surface area contributed by atoms with E-state index in [2.05, 4.69) is 26.0 Å². The molecular formula is C24H26N2O2. The van der Waals surface area contributed by atoms with E-state index in [-0.39, 0.29) is 0 Å². The number of nitriles is 2. The maximum atomic E-state index is 9.67. The second-order valence-electron chi connectivity index (χ2n) is 6.43. The van der Waals surface area contributed by atoms with Crippen LogP contribution in [0.5, 0.6) is 11.5 Å². The molecule has 0 bridgehead atoms. The number of hydrogen-bond donors (Lipinski definition) is 0. The Morgan fingerprint density at radius 1 is 0.679 bits per heavy atom. The molecule has 0 aliphatic heterocycles. The molecule has 0 N–H and O–H groups in total. The number of benzene rings is 2. The summed E-state index contributed by atoms with van der Waals surface area (Å²) < 4.78 is 11.3. The van der Waals surface area contributed by atoms with Crippen molar-refractivity contribution in [1.82, 2.24) is 0 Å². The molecule has 144 valence electrons. The molecule has 0 aliphatic carbocycles. The molecule has 0 saturated heterocycles. The lowest BCUT2D eigenvalue weighted by Gasteiger charge is -2.09. The summed E-state index contributed by atoms with van der Waals surface area (Å²) >= 11 is 0. The van der Waals surface area contributed by atoms with Crippen LogP contribution in [-0.4, -0.2) is 13.2 Å². The maximum Gasteiger partial charge on any atom is 0.119 e. The lowest BCUT2D eigenvalue weighted by atomic mass is 9.96. The highest BCUT2D eigenvalue weighted by Crippen LogP contribution is 2.28. The van der Waals surface area contributed by atoms with Gasteiger partial charge >= 0.3 is 0 Å². The summed E-state index contributed by atoms with van der Waals surface area (Å²) in [5.74, 6) is 1.53. The Hall–Kier alpha value is -3.24. The Morgan fingerprint density at radius 3 is 1.32 bits per heavy atom. The standard InChI is InChI=1S/C24H26N2O2/c1-3-5-15-27-21-11-7-19(8-12-21)23(17-25)24(18-26)20-9-13-22(14-10-20)28-16-6-4-2/h7-14H,3-6,15-16H2,1-2H3. The average Bonchev–Trinajstić information content (AvgIpc) is 2.74. The number of allylic oxidation sites excluding steroid dienone is 2. The molecule has 4 nitrogen and oxygen atoms in total. The van der Waals surface area contributed by atoms with E-state index >= 15 is 0 Å². The van der Waals surface area contributed by atoms with Gasteiger partial charge in [-0.2, -0.15) is 10.5 Å². The number of unbranched alkanes of at least 4 members (excludes halogenated alkanes) is 2. The third-order valence-electron chi connectivity index (χ3n) is 4.29. The zero-order chi connectivity index (χ0) is 20.2. The summed E-state index contributed by atoms with van der Waals surface area (Å²) in [4.78, 5) is 0. The van der Waals surface area contributed by atoms with Gasteiger partial charge in [0.1, 0.15) is 23.6 Å². The first-order chi connectivity index (χ1) is 13.7. The highest BCUT2D eigenvalue weighted by atomic mass is 16.5. The molecule has 0 heterocycles. The van der Waals surface area contributed by atoms with Crippen molar-refractivity contribution in [2.24, 2.45) is 0 Å². The molecule has 2 rings (SSSR count). The van der Waals surface area contributed by atoms with E-state index in [4.69, 9.17) is 9.47 Å². The normalized spacial score (nSPS) is 11.1. The van der Waals surface area contributed by atoms with Gasteiger partial charge in [-0.15, -0.1) is 0 Å². The van der Waals surface area contributed by atoms with Gasteiger partial charge in [0, 0.05) is 0 Å². The molecular weight excluding hydrogens is 348 g/mol. The van der Waals surface area contributed by atoms with E-state index in [1.807, 2.05) is 48.5 Å². The summed E-state index contributed by atoms with van der Waals surface area (Å²) in [6.45, 7) is 5.58. The minimum atomic E-state index is 0.349. The van der Waals surface area contributed by atoms with E-state index in [9.17, 15) is 10.5 Å². The maximum absolute atomic E-state index is 9.67. The van der Waals surface area contributed by atoms with Crippen LogP contribution in [0.3, 0.4) is 0 Å². The number of nitrogens with zero attached hydrogens (tertiary/aromatic N) is 2. The van der Waals surface area contributed by atoms with E-state index in [1.165, 1.54) is 0 Å². The third-order valence-corrected chi connectivity index (χ3v) is 4.29. The molecule has 28 heavy (non-hydrogen) atoms. The fourth-order valence-electron chi connectivity index (χ4n) is 2.63. The lowest BCUT2D eigenvalue weighted by molar-refractivity contribution is 0.309. The fraction of sp³-hybridized carbons (Fsp3) is 0.333. The summed E-state index contributed by atoms with van der Waals surface area (Å²) in [7, 11) is 0. The monoisotopic (exact) mass is 374 g/mol. The van der Waals surface area contributed by atoms with Gasteiger partial charge < -0.3 is 9.47 Å². The van der Waals surface area contributed by atoms with Crippen LogP contribution < -0.4 is 9.47 Å². The first-order valence-electron chi connectivity index (χ1n) is 9.74. The van der Waals surface area contributed by atoms with E-state index in [1.54, 1.807) is 0 Å². The molecule has 0 saturated carbocycles. The molecule has 0 radical (unpaired) electrons. The summed E-state index contributed by atoms with van der Waals surface area (Å²) in [6, 6.07) is 19.0. The van der Waals surface area contributed by atoms with Crippen LogP contribution in [0.25, 0.3) is 11.1 Å². The fourth-order valence-corrected chi connectivity index (χ4v) is 2.63. The van der Waals surface area contributed by atoms with Gasteiger partial charge in [0.05, 0.1) is 24.4 Å². The Balaban J connectivity index is 2.22. The van der Waals surface area contributed by atoms with Gasteiger partial charge in [-0.1, -0.05) is 26.7 Å². The molecule has 0 aliphatic rings. The molecule has 0 unspecified atom stereocenters. The molecule has 2 aromatic carbocycles. The predicted molar refractivity (Wildman–Crippen MR) is 112 cm³/mol. The quantitative estimate of drug-likeness (QED) is 0.290. The van der Waals surface area contributed by atoms with Crippen molar-refractivity contribution < 1.29 is 9.47 Å². The molecule has 0 fully saturated rings. The average molecular weight is 374 g/mol. The number of ether oxygens (including phenoxy) is 2. The van der Waals surface area contributed by atoms with Gasteiger partial charge in [-0.25, -0.2) is 0 Å². The molecule has 2 aromatic rings. The van der Waals surface area contributed by atoms with Crippen LogP contribution in [0.4, 0.5) is 0 Å². The molecule has 0 aromatic heterocycles. The van der Waals surface area contributed by atoms with E-state index in [0.717, 1.165) is 37.2 Å². The number of rotatable bonds is 10. The second-order valence-corrected chi connectivity index (χ2v) is 6.43. The van der Waals surface area contributed by atoms with E-state index < -0.39 is 0 Å². The Kier molecular flexibility index (Phi) is 8.63. The predicted octanol–water partition coefficient (Wildman–Crippen LogP) is 6.00. The van der Waals surface area contributed by atoms with Crippen molar-refractivity contribution in [1.29, 1.82) is 10.5 Å². The van der Waals surface area contributed by atoms with Crippen molar-refractivity contribution in [2.75, 3.05) is 13.2 Å². The van der Waals surface area contributed by atoms with Gasteiger partial charge in [0.15, 0.2) is 0 Å². The Bertz CT molecular complexity index is 780. The Labute approximate surface area is 167 Å². The number of hydrogen-bond acceptors (Lipinski definition) is 4. The molecule has 0 spiro atoms. The highest BCUT2D eigenvalue weighted by molar-refractivity contribution is 6.02. The van der Waals surface area contributed by atoms with Crippen LogP contribution in [0.1, 0.15) is 50.7 Å². The van der Waals surface area contributed by atoms with Crippen molar-refractivity contribution in [3.05, 3.63) is 59.7 Å². The summed E-state index contributed by atoms with van der Waals surface area (Å²) in [5, 5.41) is 19.3.